The molecule has 27 heavy (non-hydrogen) atoms. The molecule has 0 aliphatic carbocycles. The minimum atomic E-state index is -4.55. The van der Waals surface area contributed by atoms with E-state index in [-0.39, 0.29) is 9.79 Å². The molecule has 2 aromatic carbocycles. The van der Waals surface area contributed by atoms with Crippen LogP contribution >= 0.6 is 0 Å². The van der Waals surface area contributed by atoms with Crippen molar-refractivity contribution in [1.82, 2.24) is 4.31 Å². The summed E-state index contributed by atoms with van der Waals surface area (Å²) < 4.78 is 87.3. The molecule has 0 saturated carbocycles. The predicted octanol–water partition coefficient (Wildman–Crippen LogP) is 3.49. The number of sulfone groups is 1. The summed E-state index contributed by atoms with van der Waals surface area (Å²) in [6.45, 7) is 1.59. The summed E-state index contributed by atoms with van der Waals surface area (Å²) >= 11 is 0. The van der Waals surface area contributed by atoms with Gasteiger partial charge in [0.05, 0.1) is 15.4 Å². The molecule has 0 aromatic heterocycles. The molecule has 5 nitrogen and oxygen atoms in total. The average molecular weight is 421 g/mol. The van der Waals surface area contributed by atoms with E-state index in [1.807, 2.05) is 0 Å². The Hall–Kier alpha value is -1.91. The van der Waals surface area contributed by atoms with Gasteiger partial charge in [-0.2, -0.15) is 17.5 Å². The molecule has 0 bridgehead atoms. The third-order valence-electron chi connectivity index (χ3n) is 4.19. The first kappa shape index (κ1) is 21.4. The van der Waals surface area contributed by atoms with Crippen molar-refractivity contribution < 1.29 is 30.0 Å². The number of benzene rings is 2. The predicted molar refractivity (Wildman–Crippen MR) is 94.4 cm³/mol. The van der Waals surface area contributed by atoms with E-state index in [0.717, 1.165) is 22.7 Å². The molecule has 0 saturated heterocycles. The number of rotatable bonds is 5. The number of nitrogens with zero attached hydrogens (tertiary/aromatic N) is 1. The molecule has 0 heterocycles. The lowest BCUT2D eigenvalue weighted by Gasteiger charge is -2.25. The maximum atomic E-state index is 12.7. The summed E-state index contributed by atoms with van der Waals surface area (Å²) in [6.07, 6.45) is -3.49. The van der Waals surface area contributed by atoms with Gasteiger partial charge < -0.3 is 0 Å². The van der Waals surface area contributed by atoms with Crippen LogP contribution in [0.4, 0.5) is 13.2 Å². The Labute approximate surface area is 156 Å². The molecule has 0 fully saturated rings. The standard InChI is InChI=1S/C17H18F3NO4S2/c1-12(13-4-8-15(9-5-13)26(3,22)23)21(2)27(24,25)16-10-6-14(7-11-16)17(18,19)20/h4-12H,1-3H3. The molecule has 1 unspecified atom stereocenters. The van der Waals surface area contributed by atoms with Crippen molar-refractivity contribution in [3.8, 4) is 0 Å². The van der Waals surface area contributed by atoms with Gasteiger partial charge >= 0.3 is 6.18 Å². The molecule has 0 radical (unpaired) electrons. The zero-order valence-electron chi connectivity index (χ0n) is 14.7. The van der Waals surface area contributed by atoms with Crippen LogP contribution < -0.4 is 0 Å². The van der Waals surface area contributed by atoms with Crippen LogP contribution in [0.1, 0.15) is 24.1 Å². The molecule has 1 atom stereocenters. The maximum Gasteiger partial charge on any atom is 0.416 e. The van der Waals surface area contributed by atoms with E-state index < -0.39 is 37.6 Å². The van der Waals surface area contributed by atoms with Gasteiger partial charge in [0.1, 0.15) is 0 Å². The van der Waals surface area contributed by atoms with E-state index in [4.69, 9.17) is 0 Å². The summed E-state index contributed by atoms with van der Waals surface area (Å²) in [5, 5.41) is 0. The Morgan fingerprint density at radius 1 is 0.852 bits per heavy atom. The van der Waals surface area contributed by atoms with Crippen molar-refractivity contribution in [3.63, 3.8) is 0 Å². The maximum absolute atomic E-state index is 12.7. The quantitative estimate of drug-likeness (QED) is 0.741. The fraction of sp³-hybridized carbons (Fsp3) is 0.294. The van der Waals surface area contributed by atoms with Crippen molar-refractivity contribution in [2.75, 3.05) is 13.3 Å². The molecule has 0 aliphatic heterocycles. The molecule has 0 spiro atoms. The van der Waals surface area contributed by atoms with Gasteiger partial charge in [0.15, 0.2) is 9.84 Å². The number of hydrogen-bond acceptors (Lipinski definition) is 4. The fourth-order valence-corrected chi connectivity index (χ4v) is 4.37. The topological polar surface area (TPSA) is 71.5 Å². The lowest BCUT2D eigenvalue weighted by molar-refractivity contribution is -0.137. The highest BCUT2D eigenvalue weighted by molar-refractivity contribution is 7.90. The molecule has 2 aromatic rings. The van der Waals surface area contributed by atoms with Gasteiger partial charge in [-0.1, -0.05) is 12.1 Å². The average Bonchev–Trinajstić information content (AvgIpc) is 2.59. The number of alkyl halides is 3. The first-order chi connectivity index (χ1) is 12.2. The van der Waals surface area contributed by atoms with Gasteiger partial charge in [0.2, 0.25) is 10.0 Å². The van der Waals surface area contributed by atoms with Gasteiger partial charge in [0.25, 0.3) is 0 Å². The van der Waals surface area contributed by atoms with Gasteiger partial charge in [-0.3, -0.25) is 0 Å². The second-order valence-electron chi connectivity index (χ2n) is 6.06. The molecule has 0 N–H and O–H groups in total. The minimum Gasteiger partial charge on any atom is -0.224 e. The Morgan fingerprint density at radius 3 is 1.70 bits per heavy atom. The van der Waals surface area contributed by atoms with Crippen molar-refractivity contribution in [2.24, 2.45) is 0 Å². The third kappa shape index (κ3) is 4.69. The van der Waals surface area contributed by atoms with Crippen LogP contribution in [-0.2, 0) is 26.0 Å². The lowest BCUT2D eigenvalue weighted by Crippen LogP contribution is -2.29. The highest BCUT2D eigenvalue weighted by atomic mass is 32.2. The Kier molecular flexibility index (Phi) is 5.74. The van der Waals surface area contributed by atoms with Crippen LogP contribution in [0.5, 0.6) is 0 Å². The Morgan fingerprint density at radius 2 is 1.30 bits per heavy atom. The normalized spacial score (nSPS) is 14.3. The van der Waals surface area contributed by atoms with Crippen LogP contribution in [0.3, 0.4) is 0 Å². The third-order valence-corrected chi connectivity index (χ3v) is 7.27. The highest BCUT2D eigenvalue weighted by Crippen LogP contribution is 2.31. The highest BCUT2D eigenvalue weighted by Gasteiger charge is 2.32. The van der Waals surface area contributed by atoms with Crippen LogP contribution in [0.15, 0.2) is 58.3 Å². The first-order valence-electron chi connectivity index (χ1n) is 7.70. The summed E-state index contributed by atoms with van der Waals surface area (Å²) in [5.74, 6) is 0. The van der Waals surface area contributed by atoms with E-state index >= 15 is 0 Å². The van der Waals surface area contributed by atoms with Gasteiger partial charge in [-0.15, -0.1) is 0 Å². The second-order valence-corrected chi connectivity index (χ2v) is 10.1. The van der Waals surface area contributed by atoms with E-state index in [2.05, 4.69) is 0 Å². The number of sulfonamides is 1. The summed E-state index contributed by atoms with van der Waals surface area (Å²) in [6, 6.07) is 8.34. The molecule has 10 heteroatoms. The van der Waals surface area contributed by atoms with Crippen molar-refractivity contribution >= 4 is 19.9 Å². The molecular weight excluding hydrogens is 403 g/mol. The van der Waals surface area contributed by atoms with Gasteiger partial charge in [-0.25, -0.2) is 16.8 Å². The molecule has 2 rings (SSSR count). The number of hydrogen-bond donors (Lipinski definition) is 0. The molecule has 0 aliphatic rings. The Bertz CT molecular complexity index is 1010. The van der Waals surface area contributed by atoms with E-state index in [1.165, 1.54) is 31.3 Å². The van der Waals surface area contributed by atoms with Crippen LogP contribution in [0.2, 0.25) is 0 Å². The summed E-state index contributed by atoms with van der Waals surface area (Å²) in [4.78, 5) is -0.163. The lowest BCUT2D eigenvalue weighted by atomic mass is 10.1. The summed E-state index contributed by atoms with van der Waals surface area (Å²) in [7, 11) is -6.11. The zero-order valence-corrected chi connectivity index (χ0v) is 16.4. The van der Waals surface area contributed by atoms with E-state index in [1.54, 1.807) is 6.92 Å². The van der Waals surface area contributed by atoms with Crippen LogP contribution in [-0.4, -0.2) is 34.4 Å². The second kappa shape index (κ2) is 7.25. The molecule has 0 amide bonds. The van der Waals surface area contributed by atoms with Crippen LogP contribution in [0.25, 0.3) is 0 Å². The SMILES string of the molecule is CC(c1ccc(S(C)(=O)=O)cc1)N(C)S(=O)(=O)c1ccc(C(F)(F)F)cc1. The zero-order chi connectivity index (χ0) is 20.6. The van der Waals surface area contributed by atoms with Crippen molar-refractivity contribution in [3.05, 3.63) is 59.7 Å². The summed E-state index contributed by atoms with van der Waals surface area (Å²) in [5.41, 5.74) is -0.395. The fourth-order valence-electron chi connectivity index (χ4n) is 2.39. The Balaban J connectivity index is 2.30. The van der Waals surface area contributed by atoms with E-state index in [0.29, 0.717) is 17.7 Å². The van der Waals surface area contributed by atoms with Crippen LogP contribution in [0, 0.1) is 0 Å². The molecule has 148 valence electrons. The number of halogens is 3. The first-order valence-corrected chi connectivity index (χ1v) is 11.0. The smallest absolute Gasteiger partial charge is 0.224 e. The van der Waals surface area contributed by atoms with Crippen molar-refractivity contribution in [1.29, 1.82) is 0 Å². The minimum absolute atomic E-state index is 0.103. The largest absolute Gasteiger partial charge is 0.416 e. The molecular formula is C17H18F3NO4S2. The van der Waals surface area contributed by atoms with Gasteiger partial charge in [0, 0.05) is 19.3 Å². The van der Waals surface area contributed by atoms with Crippen molar-refractivity contribution in [2.45, 2.75) is 28.9 Å². The monoisotopic (exact) mass is 421 g/mol. The van der Waals surface area contributed by atoms with Gasteiger partial charge in [-0.05, 0) is 48.9 Å². The van der Waals surface area contributed by atoms with E-state index in [9.17, 15) is 30.0 Å².